The largest absolute Gasteiger partial charge is 0.502 e. The van der Waals surface area contributed by atoms with Gasteiger partial charge in [0.1, 0.15) is 0 Å². The van der Waals surface area contributed by atoms with E-state index in [9.17, 15) is 10.2 Å². The van der Waals surface area contributed by atoms with Gasteiger partial charge in [-0.05, 0) is 90.8 Å². The highest BCUT2D eigenvalue weighted by Gasteiger charge is 2.30. The van der Waals surface area contributed by atoms with Crippen LogP contribution in [0, 0.1) is 0 Å². The molecule has 2 aromatic carbocycles. The van der Waals surface area contributed by atoms with Gasteiger partial charge in [-0.1, -0.05) is 13.8 Å². The van der Waals surface area contributed by atoms with Crippen LogP contribution in [0.1, 0.15) is 80.4 Å². The summed E-state index contributed by atoms with van der Waals surface area (Å²) in [4.78, 5) is 0. The van der Waals surface area contributed by atoms with Gasteiger partial charge in [-0.25, -0.2) is 0 Å². The van der Waals surface area contributed by atoms with Gasteiger partial charge < -0.3 is 29.2 Å². The Balaban J connectivity index is 2.70. The fourth-order valence-electron chi connectivity index (χ4n) is 3.43. The summed E-state index contributed by atoms with van der Waals surface area (Å²) < 4.78 is 23.6. The van der Waals surface area contributed by atoms with E-state index in [0.717, 1.165) is 11.1 Å². The predicted octanol–water partition coefficient (Wildman–Crippen LogP) is 6.57. The molecule has 0 aliphatic carbocycles. The molecule has 0 unspecified atom stereocenters. The van der Waals surface area contributed by atoms with Crippen molar-refractivity contribution in [1.29, 1.82) is 0 Å². The Morgan fingerprint density at radius 1 is 0.515 bits per heavy atom. The number of hydrogen-bond acceptors (Lipinski definition) is 6. The van der Waals surface area contributed by atoms with Gasteiger partial charge in [0.05, 0.1) is 24.4 Å². The lowest BCUT2D eigenvalue weighted by molar-refractivity contribution is 0.209. The standard InChI is InChI=1S/C27H40O6/c1-15(2)30-21-11-19(12-22(25(21)28)31-16(3)4)27(9,10)20-13-23(32-17(5)6)26(29)24(14-20)33-18(7)8/h11-18,28-29H,1-10H3. The molecule has 0 fully saturated rings. The number of hydrogen-bond donors (Lipinski definition) is 2. The molecule has 2 rings (SSSR count). The summed E-state index contributed by atoms with van der Waals surface area (Å²) in [6, 6.07) is 7.34. The minimum absolute atomic E-state index is 0.0182. The van der Waals surface area contributed by atoms with Gasteiger partial charge in [-0.3, -0.25) is 0 Å². The molecule has 2 aromatic rings. The van der Waals surface area contributed by atoms with Gasteiger partial charge in [0.15, 0.2) is 23.0 Å². The average molecular weight is 461 g/mol. The molecule has 0 saturated carbocycles. The second-order valence-corrected chi connectivity index (χ2v) is 9.93. The monoisotopic (exact) mass is 460 g/mol. The number of benzene rings is 2. The highest BCUT2D eigenvalue weighted by atomic mass is 16.5. The summed E-state index contributed by atoms with van der Waals surface area (Å²) in [5.74, 6) is 1.42. The third-order valence-corrected chi connectivity index (χ3v) is 4.97. The van der Waals surface area contributed by atoms with Crippen molar-refractivity contribution in [2.24, 2.45) is 0 Å². The van der Waals surface area contributed by atoms with E-state index in [0.29, 0.717) is 23.0 Å². The van der Waals surface area contributed by atoms with Gasteiger partial charge in [0, 0.05) is 5.41 Å². The quantitative estimate of drug-likeness (QED) is 0.417. The summed E-state index contributed by atoms with van der Waals surface area (Å²) >= 11 is 0. The normalized spacial score (nSPS) is 12.1. The van der Waals surface area contributed by atoms with E-state index in [2.05, 4.69) is 13.8 Å². The van der Waals surface area contributed by atoms with E-state index in [1.807, 2.05) is 79.7 Å². The van der Waals surface area contributed by atoms with E-state index >= 15 is 0 Å². The maximum Gasteiger partial charge on any atom is 0.200 e. The Hall–Kier alpha value is -2.76. The van der Waals surface area contributed by atoms with Crippen molar-refractivity contribution in [1.82, 2.24) is 0 Å². The minimum atomic E-state index is -0.560. The Morgan fingerprint density at radius 2 is 0.727 bits per heavy atom. The first-order chi connectivity index (χ1) is 15.2. The third kappa shape index (κ3) is 6.62. The molecule has 0 radical (unpaired) electrons. The molecule has 0 spiro atoms. The van der Waals surface area contributed by atoms with Crippen LogP contribution in [0.4, 0.5) is 0 Å². The van der Waals surface area contributed by atoms with Crippen LogP contribution in [0.15, 0.2) is 24.3 Å². The number of ether oxygens (including phenoxy) is 4. The fraction of sp³-hybridized carbons (Fsp3) is 0.556. The van der Waals surface area contributed by atoms with Crippen LogP contribution >= 0.6 is 0 Å². The number of rotatable bonds is 10. The van der Waals surface area contributed by atoms with E-state index in [-0.39, 0.29) is 35.9 Å². The summed E-state index contributed by atoms with van der Waals surface area (Å²) in [7, 11) is 0. The summed E-state index contributed by atoms with van der Waals surface area (Å²) in [5.41, 5.74) is 1.20. The van der Waals surface area contributed by atoms with Crippen molar-refractivity contribution in [3.63, 3.8) is 0 Å². The van der Waals surface area contributed by atoms with Crippen LogP contribution in [-0.2, 0) is 5.41 Å². The summed E-state index contributed by atoms with van der Waals surface area (Å²) in [6.45, 7) is 19.4. The molecule has 0 bridgehead atoms. The molecular formula is C27H40O6. The highest BCUT2D eigenvalue weighted by Crippen LogP contribution is 2.47. The first-order valence-corrected chi connectivity index (χ1v) is 11.6. The molecule has 0 saturated heterocycles. The number of phenols is 2. The van der Waals surface area contributed by atoms with E-state index in [1.54, 1.807) is 0 Å². The summed E-state index contributed by atoms with van der Waals surface area (Å²) in [6.07, 6.45) is -0.474. The molecular weight excluding hydrogens is 420 g/mol. The van der Waals surface area contributed by atoms with Crippen molar-refractivity contribution < 1.29 is 29.2 Å². The molecule has 0 aliphatic rings. The SMILES string of the molecule is CC(C)Oc1cc(C(C)(C)c2cc(OC(C)C)c(O)c(OC(C)C)c2)cc(OC(C)C)c1O. The molecule has 33 heavy (non-hydrogen) atoms. The lowest BCUT2D eigenvalue weighted by atomic mass is 9.77. The molecule has 2 N–H and O–H groups in total. The second-order valence-electron chi connectivity index (χ2n) is 9.93. The third-order valence-electron chi connectivity index (χ3n) is 4.97. The zero-order chi connectivity index (χ0) is 25.1. The van der Waals surface area contributed by atoms with Crippen molar-refractivity contribution in [2.75, 3.05) is 0 Å². The molecule has 6 heteroatoms. The molecule has 0 amide bonds. The lowest BCUT2D eigenvalue weighted by Crippen LogP contribution is -2.21. The molecule has 184 valence electrons. The van der Waals surface area contributed by atoms with Gasteiger partial charge in [-0.15, -0.1) is 0 Å². The molecule has 0 heterocycles. The molecule has 0 aromatic heterocycles. The first-order valence-electron chi connectivity index (χ1n) is 11.6. The van der Waals surface area contributed by atoms with Gasteiger partial charge in [0.25, 0.3) is 0 Å². The Morgan fingerprint density at radius 3 is 0.909 bits per heavy atom. The minimum Gasteiger partial charge on any atom is -0.502 e. The Bertz CT molecular complexity index is 806. The van der Waals surface area contributed by atoms with Crippen molar-refractivity contribution in [2.45, 2.75) is 99.1 Å². The van der Waals surface area contributed by atoms with Crippen LogP contribution in [0.25, 0.3) is 0 Å². The number of aromatic hydroxyl groups is 2. The van der Waals surface area contributed by atoms with E-state index < -0.39 is 5.41 Å². The van der Waals surface area contributed by atoms with E-state index in [4.69, 9.17) is 18.9 Å². The Labute approximate surface area is 198 Å². The predicted molar refractivity (Wildman–Crippen MR) is 131 cm³/mol. The Kier molecular flexibility index (Phi) is 8.39. The summed E-state index contributed by atoms with van der Waals surface area (Å²) in [5, 5.41) is 21.5. The van der Waals surface area contributed by atoms with Crippen molar-refractivity contribution in [3.8, 4) is 34.5 Å². The highest BCUT2D eigenvalue weighted by molar-refractivity contribution is 5.59. The first kappa shape index (κ1) is 26.5. The lowest BCUT2D eigenvalue weighted by Gasteiger charge is -2.30. The van der Waals surface area contributed by atoms with Gasteiger partial charge in [-0.2, -0.15) is 0 Å². The molecule has 0 aliphatic heterocycles. The fourth-order valence-corrected chi connectivity index (χ4v) is 3.43. The molecule has 6 nitrogen and oxygen atoms in total. The smallest absolute Gasteiger partial charge is 0.200 e. The zero-order valence-electron chi connectivity index (χ0n) is 21.6. The van der Waals surface area contributed by atoms with Gasteiger partial charge in [0.2, 0.25) is 11.5 Å². The topological polar surface area (TPSA) is 77.4 Å². The number of phenolic OH excluding ortho intramolecular Hbond substituents is 2. The van der Waals surface area contributed by atoms with Crippen LogP contribution in [0.5, 0.6) is 34.5 Å². The van der Waals surface area contributed by atoms with Crippen LogP contribution in [-0.4, -0.2) is 34.6 Å². The van der Waals surface area contributed by atoms with Crippen molar-refractivity contribution in [3.05, 3.63) is 35.4 Å². The second kappa shape index (κ2) is 10.4. The average Bonchev–Trinajstić information content (AvgIpc) is 2.66. The van der Waals surface area contributed by atoms with Gasteiger partial charge >= 0.3 is 0 Å². The van der Waals surface area contributed by atoms with Crippen LogP contribution < -0.4 is 18.9 Å². The zero-order valence-corrected chi connectivity index (χ0v) is 21.6. The van der Waals surface area contributed by atoms with Crippen molar-refractivity contribution >= 4 is 0 Å². The van der Waals surface area contributed by atoms with Crippen LogP contribution in [0.2, 0.25) is 0 Å². The van der Waals surface area contributed by atoms with Crippen LogP contribution in [0.3, 0.4) is 0 Å². The van der Waals surface area contributed by atoms with E-state index in [1.165, 1.54) is 0 Å². The molecule has 0 atom stereocenters. The maximum atomic E-state index is 10.7. The maximum absolute atomic E-state index is 10.7.